The molecule has 106 valence electrons. The monoisotopic (exact) mass is 283 g/mol. The lowest BCUT2D eigenvalue weighted by molar-refractivity contribution is -0.119. The molecule has 0 radical (unpaired) electrons. The number of carbonyl (C=O) groups excluding carboxylic acids is 1. The van der Waals surface area contributed by atoms with E-state index in [1.807, 2.05) is 11.0 Å². The maximum Gasteiger partial charge on any atom is 0.240 e. The van der Waals surface area contributed by atoms with Crippen molar-refractivity contribution in [2.45, 2.75) is 18.9 Å². The van der Waals surface area contributed by atoms with E-state index >= 15 is 0 Å². The van der Waals surface area contributed by atoms with Crippen molar-refractivity contribution in [2.75, 3.05) is 11.4 Å². The molecule has 0 bridgehead atoms. The van der Waals surface area contributed by atoms with E-state index in [-0.39, 0.29) is 11.9 Å². The third kappa shape index (κ3) is 1.72. The average Bonchev–Trinajstić information content (AvgIpc) is 3.15. The lowest BCUT2D eigenvalue weighted by Crippen LogP contribution is -2.40. The van der Waals surface area contributed by atoms with Crippen LogP contribution in [-0.2, 0) is 4.79 Å². The number of nitrogens with two attached hydrogens (primary N) is 1. The van der Waals surface area contributed by atoms with Crippen LogP contribution in [0.15, 0.2) is 18.5 Å². The molecule has 1 aliphatic heterocycles. The van der Waals surface area contributed by atoms with Gasteiger partial charge in [0.15, 0.2) is 11.3 Å². The molecule has 8 nitrogen and oxygen atoms in total. The van der Waals surface area contributed by atoms with Crippen molar-refractivity contribution < 1.29 is 4.79 Å². The summed E-state index contributed by atoms with van der Waals surface area (Å²) in [6, 6.07) is 1.59. The highest BCUT2D eigenvalue weighted by molar-refractivity contribution is 6.08. The van der Waals surface area contributed by atoms with E-state index < -0.39 is 0 Å². The molecule has 0 aromatic carbocycles. The summed E-state index contributed by atoms with van der Waals surface area (Å²) in [7, 11) is 0. The zero-order valence-corrected chi connectivity index (χ0v) is 11.2. The SMILES string of the molecule is NC(=O)C1CCCN1c1cn[nH]c2nnc3nccc3c12. The number of anilines is 1. The summed E-state index contributed by atoms with van der Waals surface area (Å²) < 4.78 is 0. The van der Waals surface area contributed by atoms with Crippen molar-refractivity contribution in [3.8, 4) is 0 Å². The van der Waals surface area contributed by atoms with Crippen molar-refractivity contribution in [3.63, 3.8) is 0 Å². The summed E-state index contributed by atoms with van der Waals surface area (Å²) in [6.07, 6.45) is 5.08. The van der Waals surface area contributed by atoms with Crippen LogP contribution in [0, 0.1) is 0 Å². The first-order valence-electron chi connectivity index (χ1n) is 6.76. The molecule has 1 amide bonds. The van der Waals surface area contributed by atoms with Gasteiger partial charge in [-0.2, -0.15) is 5.10 Å². The van der Waals surface area contributed by atoms with Crippen molar-refractivity contribution in [1.82, 2.24) is 25.4 Å². The molecule has 1 atom stereocenters. The molecular weight excluding hydrogens is 270 g/mol. The van der Waals surface area contributed by atoms with Crippen LogP contribution in [0.3, 0.4) is 0 Å². The molecule has 0 spiro atoms. The highest BCUT2D eigenvalue weighted by Gasteiger charge is 2.31. The van der Waals surface area contributed by atoms with Gasteiger partial charge in [-0.25, -0.2) is 4.98 Å². The van der Waals surface area contributed by atoms with Crippen molar-refractivity contribution in [1.29, 1.82) is 0 Å². The van der Waals surface area contributed by atoms with E-state index in [0.717, 1.165) is 35.8 Å². The van der Waals surface area contributed by atoms with Crippen LogP contribution in [0.25, 0.3) is 22.1 Å². The zero-order valence-electron chi connectivity index (χ0n) is 11.2. The largest absolute Gasteiger partial charge is 0.368 e. The second-order valence-corrected chi connectivity index (χ2v) is 5.11. The standard InChI is InChI=1S/C13H13N7O/c14-11(21)8-2-1-5-20(8)9-6-16-17-13-10(9)7-3-4-15-12(7)18-19-13/h3-4,6,8H,1-2,5H2,(H2,14,21)(H,17,19). The van der Waals surface area contributed by atoms with Crippen LogP contribution in [-0.4, -0.2) is 43.9 Å². The number of primary amides is 1. The summed E-state index contributed by atoms with van der Waals surface area (Å²) in [5.74, 6) is -0.313. The number of H-pyrrole nitrogens is 1. The van der Waals surface area contributed by atoms with E-state index in [0.29, 0.717) is 11.3 Å². The highest BCUT2D eigenvalue weighted by Crippen LogP contribution is 2.33. The molecule has 1 saturated heterocycles. The second-order valence-electron chi connectivity index (χ2n) is 5.11. The molecule has 0 saturated carbocycles. The Bertz CT molecular complexity index is 843. The lowest BCUT2D eigenvalue weighted by atomic mass is 10.1. The molecule has 1 aliphatic rings. The first-order chi connectivity index (χ1) is 10.3. The molecule has 1 unspecified atom stereocenters. The Morgan fingerprint density at radius 2 is 2.33 bits per heavy atom. The molecule has 3 aromatic rings. The van der Waals surface area contributed by atoms with Gasteiger partial charge in [-0.05, 0) is 18.9 Å². The van der Waals surface area contributed by atoms with Crippen LogP contribution in [0.4, 0.5) is 5.69 Å². The summed E-state index contributed by atoms with van der Waals surface area (Å²) in [4.78, 5) is 17.8. The predicted molar refractivity (Wildman–Crippen MR) is 76.5 cm³/mol. The van der Waals surface area contributed by atoms with Crippen LogP contribution in [0.5, 0.6) is 0 Å². The van der Waals surface area contributed by atoms with E-state index in [4.69, 9.17) is 5.73 Å². The minimum absolute atomic E-state index is 0.302. The van der Waals surface area contributed by atoms with Gasteiger partial charge in [-0.15, -0.1) is 10.2 Å². The van der Waals surface area contributed by atoms with Crippen molar-refractivity contribution in [3.05, 3.63) is 18.5 Å². The highest BCUT2D eigenvalue weighted by atomic mass is 16.1. The third-order valence-electron chi connectivity index (χ3n) is 3.93. The number of aromatic amines is 1. The summed E-state index contributed by atoms with van der Waals surface area (Å²) in [5, 5.41) is 16.9. The number of rotatable bonds is 2. The number of amides is 1. The Morgan fingerprint density at radius 1 is 1.43 bits per heavy atom. The summed E-state index contributed by atoms with van der Waals surface area (Å²) >= 11 is 0. The minimum atomic E-state index is -0.313. The van der Waals surface area contributed by atoms with Gasteiger partial charge in [0, 0.05) is 18.1 Å². The van der Waals surface area contributed by atoms with Gasteiger partial charge >= 0.3 is 0 Å². The van der Waals surface area contributed by atoms with Gasteiger partial charge in [0.1, 0.15) is 6.04 Å². The molecule has 4 rings (SSSR count). The molecule has 8 heteroatoms. The van der Waals surface area contributed by atoms with Gasteiger partial charge in [-0.1, -0.05) is 0 Å². The number of carbonyl (C=O) groups is 1. The van der Waals surface area contributed by atoms with E-state index in [1.54, 1.807) is 12.4 Å². The molecule has 3 N–H and O–H groups in total. The molecular formula is C13H13N7O. The Hall–Kier alpha value is -2.77. The smallest absolute Gasteiger partial charge is 0.240 e. The van der Waals surface area contributed by atoms with Crippen LogP contribution >= 0.6 is 0 Å². The van der Waals surface area contributed by atoms with Crippen LogP contribution in [0.2, 0.25) is 0 Å². The van der Waals surface area contributed by atoms with Crippen molar-refractivity contribution >= 4 is 33.7 Å². The van der Waals surface area contributed by atoms with E-state index in [9.17, 15) is 4.79 Å². The molecule has 4 heterocycles. The average molecular weight is 283 g/mol. The van der Waals surface area contributed by atoms with Gasteiger partial charge in [0.05, 0.1) is 17.3 Å². The Kier molecular flexibility index (Phi) is 2.50. The van der Waals surface area contributed by atoms with Gasteiger partial charge in [0.2, 0.25) is 5.91 Å². The maximum absolute atomic E-state index is 11.6. The first-order valence-corrected chi connectivity index (χ1v) is 6.76. The predicted octanol–water partition coefficient (Wildman–Crippen LogP) is 0.355. The fourth-order valence-corrected chi connectivity index (χ4v) is 3.00. The van der Waals surface area contributed by atoms with E-state index in [1.165, 1.54) is 0 Å². The number of hydrogen-bond donors (Lipinski definition) is 2. The zero-order chi connectivity index (χ0) is 14.4. The fourth-order valence-electron chi connectivity index (χ4n) is 3.00. The Balaban J connectivity index is 2.00. The molecule has 0 aliphatic carbocycles. The maximum atomic E-state index is 11.6. The fraction of sp³-hybridized carbons (Fsp3) is 0.308. The summed E-state index contributed by atoms with van der Waals surface area (Å²) in [5.41, 5.74) is 7.51. The lowest BCUT2D eigenvalue weighted by Gasteiger charge is -2.25. The number of aromatic nitrogens is 5. The van der Waals surface area contributed by atoms with Gasteiger partial charge in [-0.3, -0.25) is 9.89 Å². The number of nitrogens with one attached hydrogen (secondary N) is 1. The number of nitrogens with zero attached hydrogens (tertiary/aromatic N) is 5. The number of fused-ring (bicyclic) bond motifs is 3. The second kappa shape index (κ2) is 4.37. The summed E-state index contributed by atoms with van der Waals surface area (Å²) in [6.45, 7) is 0.770. The van der Waals surface area contributed by atoms with E-state index in [2.05, 4.69) is 25.4 Å². The molecule has 21 heavy (non-hydrogen) atoms. The minimum Gasteiger partial charge on any atom is -0.368 e. The molecule has 3 aromatic heterocycles. The quantitative estimate of drug-likeness (QED) is 0.701. The third-order valence-corrected chi connectivity index (χ3v) is 3.93. The number of hydrogen-bond acceptors (Lipinski definition) is 6. The Morgan fingerprint density at radius 3 is 3.19 bits per heavy atom. The van der Waals surface area contributed by atoms with Crippen LogP contribution in [0.1, 0.15) is 12.8 Å². The molecule has 1 fully saturated rings. The first kappa shape index (κ1) is 12.0. The topological polar surface area (TPSA) is 114 Å². The normalized spacial score (nSPS) is 18.7. The van der Waals surface area contributed by atoms with Gasteiger partial charge < -0.3 is 10.6 Å². The van der Waals surface area contributed by atoms with Gasteiger partial charge in [0.25, 0.3) is 0 Å². The van der Waals surface area contributed by atoms with Crippen molar-refractivity contribution in [2.24, 2.45) is 5.73 Å². The van der Waals surface area contributed by atoms with Crippen LogP contribution < -0.4 is 10.6 Å². The Labute approximate surface area is 119 Å².